The van der Waals surface area contributed by atoms with Gasteiger partial charge < -0.3 is 5.32 Å². The highest BCUT2D eigenvalue weighted by atomic mass is 35.5. The van der Waals surface area contributed by atoms with Crippen LogP contribution in [0.3, 0.4) is 0 Å². The molecule has 0 saturated heterocycles. The van der Waals surface area contributed by atoms with Crippen LogP contribution < -0.4 is 5.32 Å². The Morgan fingerprint density at radius 3 is 2.63 bits per heavy atom. The summed E-state index contributed by atoms with van der Waals surface area (Å²) in [6, 6.07) is 11.9. The number of rotatable bonds is 5. The van der Waals surface area contributed by atoms with Gasteiger partial charge in [0, 0.05) is 18.4 Å². The Hall–Kier alpha value is -2.94. The number of benzene rings is 1. The first kappa shape index (κ1) is 20.3. The Bertz CT molecular complexity index is 1060. The Morgan fingerprint density at radius 1 is 1.27 bits per heavy atom. The molecular weight excluding hydrogens is 414 g/mol. The van der Waals surface area contributed by atoms with E-state index in [0.717, 1.165) is 5.56 Å². The van der Waals surface area contributed by atoms with E-state index in [1.807, 2.05) is 0 Å². The first-order valence-electron chi connectivity index (χ1n) is 9.46. The van der Waals surface area contributed by atoms with E-state index in [1.54, 1.807) is 49.5 Å². The van der Waals surface area contributed by atoms with Crippen LogP contribution in [0.15, 0.2) is 42.5 Å². The summed E-state index contributed by atoms with van der Waals surface area (Å²) in [5, 5.41) is 14.9. The second-order valence-corrected chi connectivity index (χ2v) is 7.78. The fraction of sp³-hybridized carbons (Fsp3) is 0.350. The minimum Gasteiger partial charge on any atom is -0.310 e. The molecule has 0 radical (unpaired) electrons. The topological polar surface area (TPSA) is 85.6 Å². The van der Waals surface area contributed by atoms with Crippen LogP contribution >= 0.6 is 11.6 Å². The predicted octanol–water partition coefficient (Wildman–Crippen LogP) is 4.08. The van der Waals surface area contributed by atoms with Gasteiger partial charge in [-0.15, -0.1) is 10.2 Å². The van der Waals surface area contributed by atoms with Crippen LogP contribution in [0.4, 0.5) is 14.6 Å². The van der Waals surface area contributed by atoms with E-state index >= 15 is 0 Å². The van der Waals surface area contributed by atoms with Crippen LogP contribution in [0, 0.1) is 5.92 Å². The van der Waals surface area contributed by atoms with Crippen molar-refractivity contribution in [2.45, 2.75) is 31.1 Å². The molecule has 1 fully saturated rings. The summed E-state index contributed by atoms with van der Waals surface area (Å²) in [7, 11) is 1.66. The molecule has 30 heavy (non-hydrogen) atoms. The monoisotopic (exact) mass is 432 g/mol. The number of carbonyl (C=O) groups is 1. The number of aromatic nitrogens is 5. The molecule has 0 aliphatic heterocycles. The fourth-order valence-corrected chi connectivity index (χ4v) is 3.99. The zero-order valence-corrected chi connectivity index (χ0v) is 16.9. The fourth-order valence-electron chi connectivity index (χ4n) is 3.83. The van der Waals surface area contributed by atoms with E-state index < -0.39 is 23.7 Å². The van der Waals surface area contributed by atoms with Crippen molar-refractivity contribution in [1.82, 2.24) is 25.2 Å². The molecule has 3 aromatic rings. The van der Waals surface area contributed by atoms with Gasteiger partial charge in [-0.1, -0.05) is 41.9 Å². The van der Waals surface area contributed by atoms with Crippen molar-refractivity contribution in [2.75, 3.05) is 5.32 Å². The zero-order chi connectivity index (χ0) is 21.3. The third-order valence-electron chi connectivity index (χ3n) is 5.20. The molecule has 1 N–H and O–H groups in total. The molecule has 0 spiro atoms. The van der Waals surface area contributed by atoms with Gasteiger partial charge in [-0.05, 0) is 35.2 Å². The first-order valence-corrected chi connectivity index (χ1v) is 9.84. The van der Waals surface area contributed by atoms with Crippen molar-refractivity contribution < 1.29 is 13.6 Å². The average Bonchev–Trinajstić information content (AvgIpc) is 3.28. The largest absolute Gasteiger partial charge is 0.310 e. The van der Waals surface area contributed by atoms with Gasteiger partial charge in [0.2, 0.25) is 17.7 Å². The highest BCUT2D eigenvalue weighted by Crippen LogP contribution is 2.45. The number of halogens is 3. The third-order valence-corrected chi connectivity index (χ3v) is 5.41. The van der Waals surface area contributed by atoms with E-state index in [1.165, 1.54) is 4.80 Å². The minimum atomic E-state index is -2.76. The number of hydrogen-bond donors (Lipinski definition) is 1. The van der Waals surface area contributed by atoms with E-state index in [0.29, 0.717) is 11.4 Å². The Kier molecular flexibility index (Phi) is 5.46. The summed E-state index contributed by atoms with van der Waals surface area (Å²) >= 11 is 5.89. The standard InChI is InChI=1S/C20H19ClF2N6O/c1-29-27-18(26-28-29)13-7-5-12(6-8-13)17(14-9-10-20(22,23)11-14)19(30)25-16-4-2-3-15(21)24-16/h2-8,14,17H,9-11H2,1H3,(H,24,25,30)/t14-,17+/m0/s1. The molecule has 1 saturated carbocycles. The van der Waals surface area contributed by atoms with E-state index in [2.05, 4.69) is 25.7 Å². The second kappa shape index (κ2) is 8.06. The summed E-state index contributed by atoms with van der Waals surface area (Å²) in [6.07, 6.45) is -0.290. The lowest BCUT2D eigenvalue weighted by atomic mass is 9.83. The number of alkyl halides is 2. The van der Waals surface area contributed by atoms with Crippen molar-refractivity contribution in [3.8, 4) is 11.4 Å². The van der Waals surface area contributed by atoms with Gasteiger partial charge in [-0.3, -0.25) is 4.79 Å². The molecule has 1 aromatic carbocycles. The summed E-state index contributed by atoms with van der Waals surface area (Å²) in [6.45, 7) is 0. The molecule has 156 valence electrons. The number of aryl methyl sites for hydroxylation is 1. The average molecular weight is 433 g/mol. The predicted molar refractivity (Wildman–Crippen MR) is 107 cm³/mol. The summed E-state index contributed by atoms with van der Waals surface area (Å²) in [5.74, 6) is -3.66. The van der Waals surface area contributed by atoms with Crippen LogP contribution in [0.1, 0.15) is 30.7 Å². The number of tetrazole rings is 1. The SMILES string of the molecule is Cn1nnc(-c2ccc([C@@H](C(=O)Nc3cccc(Cl)n3)[C@H]3CCC(F)(F)C3)cc2)n1. The molecule has 7 nitrogen and oxygen atoms in total. The van der Waals surface area contributed by atoms with Crippen molar-refractivity contribution in [2.24, 2.45) is 13.0 Å². The number of nitrogens with one attached hydrogen (secondary N) is 1. The van der Waals surface area contributed by atoms with Crippen LogP contribution in [0.2, 0.25) is 5.15 Å². The zero-order valence-electron chi connectivity index (χ0n) is 16.1. The molecule has 2 aromatic heterocycles. The van der Waals surface area contributed by atoms with Crippen molar-refractivity contribution in [3.63, 3.8) is 0 Å². The molecular formula is C20H19ClF2N6O. The van der Waals surface area contributed by atoms with E-state index in [9.17, 15) is 13.6 Å². The number of anilines is 1. The maximum Gasteiger partial charge on any atom is 0.248 e. The van der Waals surface area contributed by atoms with Crippen molar-refractivity contribution in [3.05, 3.63) is 53.2 Å². The van der Waals surface area contributed by atoms with Gasteiger partial charge in [0.1, 0.15) is 11.0 Å². The van der Waals surface area contributed by atoms with Gasteiger partial charge in [0.05, 0.1) is 13.0 Å². The summed E-state index contributed by atoms with van der Waals surface area (Å²) in [5.41, 5.74) is 1.36. The molecule has 4 rings (SSSR count). The Balaban J connectivity index is 1.62. The molecule has 2 atom stereocenters. The maximum atomic E-state index is 13.9. The van der Waals surface area contributed by atoms with Gasteiger partial charge in [-0.2, -0.15) is 4.80 Å². The Labute approximate surface area is 176 Å². The number of nitrogens with zero attached hydrogens (tertiary/aromatic N) is 5. The summed E-state index contributed by atoms with van der Waals surface area (Å²) < 4.78 is 27.8. The number of pyridine rings is 1. The molecule has 10 heteroatoms. The number of hydrogen-bond acceptors (Lipinski definition) is 5. The van der Waals surface area contributed by atoms with E-state index in [-0.39, 0.29) is 30.2 Å². The number of amides is 1. The lowest BCUT2D eigenvalue weighted by Gasteiger charge is -2.23. The first-order chi connectivity index (χ1) is 14.3. The smallest absolute Gasteiger partial charge is 0.248 e. The molecule has 0 unspecified atom stereocenters. The molecule has 1 amide bonds. The Morgan fingerprint density at radius 2 is 2.03 bits per heavy atom. The summed E-state index contributed by atoms with van der Waals surface area (Å²) in [4.78, 5) is 18.5. The van der Waals surface area contributed by atoms with Crippen molar-refractivity contribution in [1.29, 1.82) is 0 Å². The minimum absolute atomic E-state index is 0.224. The lowest BCUT2D eigenvalue weighted by molar-refractivity contribution is -0.118. The quantitative estimate of drug-likeness (QED) is 0.614. The van der Waals surface area contributed by atoms with Crippen LogP contribution in [-0.4, -0.2) is 37.0 Å². The second-order valence-electron chi connectivity index (χ2n) is 7.40. The highest BCUT2D eigenvalue weighted by molar-refractivity contribution is 6.29. The van der Waals surface area contributed by atoms with Crippen molar-refractivity contribution >= 4 is 23.3 Å². The van der Waals surface area contributed by atoms with Gasteiger partial charge in [0.25, 0.3) is 0 Å². The molecule has 1 aliphatic rings. The maximum absolute atomic E-state index is 13.9. The van der Waals surface area contributed by atoms with Gasteiger partial charge >= 0.3 is 0 Å². The van der Waals surface area contributed by atoms with Crippen LogP contribution in [0.5, 0.6) is 0 Å². The normalized spacial score (nSPS) is 18.9. The molecule has 0 bridgehead atoms. The molecule has 1 aliphatic carbocycles. The van der Waals surface area contributed by atoms with E-state index in [4.69, 9.17) is 11.6 Å². The highest BCUT2D eigenvalue weighted by Gasteiger charge is 2.45. The van der Waals surface area contributed by atoms with Gasteiger partial charge in [-0.25, -0.2) is 13.8 Å². The van der Waals surface area contributed by atoms with Crippen LogP contribution in [0.25, 0.3) is 11.4 Å². The molecule has 2 heterocycles. The lowest BCUT2D eigenvalue weighted by Crippen LogP contribution is -2.27. The van der Waals surface area contributed by atoms with Gasteiger partial charge in [0.15, 0.2) is 0 Å². The number of carbonyl (C=O) groups excluding carboxylic acids is 1. The third kappa shape index (κ3) is 4.46. The van der Waals surface area contributed by atoms with Crippen LogP contribution in [-0.2, 0) is 11.8 Å².